The number of nitrogens with one attached hydrogen (secondary N) is 1. The Kier molecular flexibility index (Phi) is 9.34. The topological polar surface area (TPSA) is 129 Å². The van der Waals surface area contributed by atoms with Crippen LogP contribution in [0.3, 0.4) is 0 Å². The summed E-state index contributed by atoms with van der Waals surface area (Å²) in [6.07, 6.45) is 1.64. The number of amides is 1. The lowest BCUT2D eigenvalue weighted by molar-refractivity contribution is -0.129. The van der Waals surface area contributed by atoms with Gasteiger partial charge in [0, 0.05) is 36.5 Å². The normalized spacial score (nSPS) is 17.9. The number of benzene rings is 3. The molecule has 0 unspecified atom stereocenters. The average Bonchev–Trinajstić information content (AvgIpc) is 3.36. The summed E-state index contributed by atoms with van der Waals surface area (Å²) in [5.41, 5.74) is 10.7. The number of aliphatic imine (C=N–C) groups is 1. The van der Waals surface area contributed by atoms with Crippen LogP contribution in [0.5, 0.6) is 5.75 Å². The molecule has 1 amide bonds. The van der Waals surface area contributed by atoms with Crippen molar-refractivity contribution in [3.8, 4) is 5.75 Å². The minimum Gasteiger partial charge on any atom is -0.494 e. The fourth-order valence-electron chi connectivity index (χ4n) is 4.49. The number of rotatable bonds is 13. The summed E-state index contributed by atoms with van der Waals surface area (Å²) in [4.78, 5) is 21.8. The average molecular weight is 526 g/mol. The standard InChI is InChI=1S/C30H31N5O4/c1-2-17-30(29(37)32-20-22-9-4-3-5-10-22)27(26-12-7-6-11-24(26)21-33-35-31)39-28(34-30)23-13-15-25(16-14-23)38-19-8-18-36/h2-7,9-16,27,36H,1,8,17-21H2,(H,32,37)/t27-,30-/m1/s1. The maximum absolute atomic E-state index is 13.9. The molecule has 9 nitrogen and oxygen atoms in total. The highest BCUT2D eigenvalue weighted by molar-refractivity contribution is 6.01. The minimum absolute atomic E-state index is 0.0585. The molecule has 1 aliphatic rings. The van der Waals surface area contributed by atoms with Gasteiger partial charge in [0.1, 0.15) is 5.75 Å². The van der Waals surface area contributed by atoms with Crippen LogP contribution in [0.1, 0.15) is 41.2 Å². The van der Waals surface area contributed by atoms with E-state index in [0.717, 1.165) is 11.1 Å². The van der Waals surface area contributed by atoms with Gasteiger partial charge < -0.3 is 19.9 Å². The van der Waals surface area contributed by atoms with Crippen molar-refractivity contribution >= 4 is 11.8 Å². The first kappa shape index (κ1) is 27.4. The van der Waals surface area contributed by atoms with E-state index in [-0.39, 0.29) is 25.5 Å². The Morgan fingerprint density at radius 2 is 1.90 bits per heavy atom. The van der Waals surface area contributed by atoms with Gasteiger partial charge in [0.15, 0.2) is 11.6 Å². The summed E-state index contributed by atoms with van der Waals surface area (Å²) in [6, 6.07) is 24.3. The van der Waals surface area contributed by atoms with E-state index in [1.807, 2.05) is 66.7 Å². The van der Waals surface area contributed by atoms with Gasteiger partial charge in [0.05, 0.1) is 13.2 Å². The second-order valence-corrected chi connectivity index (χ2v) is 9.04. The Morgan fingerprint density at radius 1 is 1.15 bits per heavy atom. The molecule has 0 aromatic heterocycles. The monoisotopic (exact) mass is 525 g/mol. The molecule has 0 fully saturated rings. The number of ether oxygens (including phenoxy) is 2. The van der Waals surface area contributed by atoms with E-state index in [9.17, 15) is 4.79 Å². The number of aliphatic hydroxyl groups is 1. The van der Waals surface area contributed by atoms with Gasteiger partial charge in [0.25, 0.3) is 5.91 Å². The van der Waals surface area contributed by atoms with E-state index in [4.69, 9.17) is 25.1 Å². The largest absolute Gasteiger partial charge is 0.494 e. The summed E-state index contributed by atoms with van der Waals surface area (Å²) in [7, 11) is 0. The summed E-state index contributed by atoms with van der Waals surface area (Å²) in [5, 5.41) is 15.8. The summed E-state index contributed by atoms with van der Waals surface area (Å²) in [5.74, 6) is 0.672. The molecule has 2 N–H and O–H groups in total. The highest BCUT2D eigenvalue weighted by atomic mass is 16.5. The molecule has 3 aromatic carbocycles. The van der Waals surface area contributed by atoms with Gasteiger partial charge in [-0.1, -0.05) is 65.8 Å². The van der Waals surface area contributed by atoms with Crippen molar-refractivity contribution in [2.24, 2.45) is 10.1 Å². The van der Waals surface area contributed by atoms with Crippen LogP contribution in [-0.2, 0) is 22.6 Å². The first-order chi connectivity index (χ1) is 19.1. The first-order valence-corrected chi connectivity index (χ1v) is 12.7. The summed E-state index contributed by atoms with van der Waals surface area (Å²) >= 11 is 0. The summed E-state index contributed by atoms with van der Waals surface area (Å²) < 4.78 is 12.1. The van der Waals surface area contributed by atoms with Crippen molar-refractivity contribution in [1.29, 1.82) is 0 Å². The van der Waals surface area contributed by atoms with E-state index < -0.39 is 11.6 Å². The SMILES string of the molecule is C=CC[C@@]1(C(=O)NCc2ccccc2)N=C(c2ccc(OCCCO)cc2)O[C@@H]1c1ccccc1CN=[N+]=[N-]. The van der Waals surface area contributed by atoms with Crippen LogP contribution in [0, 0.1) is 0 Å². The Bertz CT molecular complexity index is 1350. The Balaban J connectivity index is 1.72. The lowest BCUT2D eigenvalue weighted by Crippen LogP contribution is -2.48. The Hall–Kier alpha value is -4.59. The molecule has 2 atom stereocenters. The van der Waals surface area contributed by atoms with Crippen molar-refractivity contribution in [2.45, 2.75) is 37.6 Å². The van der Waals surface area contributed by atoms with Crippen molar-refractivity contribution in [3.63, 3.8) is 0 Å². The van der Waals surface area contributed by atoms with Gasteiger partial charge in [-0.25, -0.2) is 4.99 Å². The van der Waals surface area contributed by atoms with E-state index >= 15 is 0 Å². The van der Waals surface area contributed by atoms with Crippen LogP contribution in [0.15, 0.2) is 102 Å². The van der Waals surface area contributed by atoms with Gasteiger partial charge in [-0.3, -0.25) is 4.79 Å². The van der Waals surface area contributed by atoms with Crippen molar-refractivity contribution < 1.29 is 19.4 Å². The molecule has 3 aromatic rings. The fraction of sp³-hybridized carbons (Fsp3) is 0.267. The predicted octanol–water partition coefficient (Wildman–Crippen LogP) is 5.41. The second-order valence-electron chi connectivity index (χ2n) is 9.04. The number of nitrogens with zero attached hydrogens (tertiary/aromatic N) is 4. The van der Waals surface area contributed by atoms with E-state index in [1.54, 1.807) is 18.2 Å². The fourth-order valence-corrected chi connectivity index (χ4v) is 4.49. The van der Waals surface area contributed by atoms with Gasteiger partial charge in [-0.15, -0.1) is 6.58 Å². The number of hydrogen-bond acceptors (Lipinski definition) is 6. The Labute approximate surface area is 227 Å². The zero-order valence-electron chi connectivity index (χ0n) is 21.6. The molecular formula is C30H31N5O4. The van der Waals surface area contributed by atoms with Crippen LogP contribution >= 0.6 is 0 Å². The molecule has 0 saturated heterocycles. The number of azide groups is 1. The first-order valence-electron chi connectivity index (χ1n) is 12.7. The molecule has 39 heavy (non-hydrogen) atoms. The molecule has 1 heterocycles. The van der Waals surface area contributed by atoms with Crippen LogP contribution in [-0.4, -0.2) is 35.7 Å². The molecule has 0 spiro atoms. The third kappa shape index (κ3) is 6.46. The second kappa shape index (κ2) is 13.3. The van der Waals surface area contributed by atoms with Crippen molar-refractivity contribution in [3.05, 3.63) is 124 Å². The van der Waals surface area contributed by atoms with Crippen molar-refractivity contribution in [2.75, 3.05) is 13.2 Å². The van der Waals surface area contributed by atoms with Crippen LogP contribution in [0.2, 0.25) is 0 Å². The maximum Gasteiger partial charge on any atom is 0.252 e. The van der Waals surface area contributed by atoms with E-state index in [2.05, 4.69) is 21.9 Å². The molecule has 0 saturated carbocycles. The molecule has 4 rings (SSSR count). The molecule has 9 heteroatoms. The molecule has 0 radical (unpaired) electrons. The molecule has 0 aliphatic carbocycles. The smallest absolute Gasteiger partial charge is 0.252 e. The van der Waals surface area contributed by atoms with Gasteiger partial charge in [-0.05, 0) is 46.5 Å². The molecular weight excluding hydrogens is 494 g/mol. The number of carbonyl (C=O) groups is 1. The predicted molar refractivity (Wildman–Crippen MR) is 149 cm³/mol. The van der Waals surface area contributed by atoms with Crippen molar-refractivity contribution in [1.82, 2.24) is 5.32 Å². The molecule has 1 aliphatic heterocycles. The quantitative estimate of drug-likeness (QED) is 0.102. The van der Waals surface area contributed by atoms with Gasteiger partial charge in [0.2, 0.25) is 5.90 Å². The zero-order chi connectivity index (χ0) is 27.5. The lowest BCUT2D eigenvalue weighted by Gasteiger charge is -2.30. The number of carbonyl (C=O) groups excluding carboxylic acids is 1. The van der Waals surface area contributed by atoms with Gasteiger partial charge >= 0.3 is 0 Å². The third-order valence-corrected chi connectivity index (χ3v) is 6.42. The zero-order valence-corrected chi connectivity index (χ0v) is 21.6. The van der Waals surface area contributed by atoms with E-state index in [0.29, 0.717) is 42.3 Å². The van der Waals surface area contributed by atoms with Crippen LogP contribution in [0.4, 0.5) is 0 Å². The number of hydrogen-bond donors (Lipinski definition) is 2. The molecule has 0 bridgehead atoms. The van der Waals surface area contributed by atoms with Crippen LogP contribution in [0.25, 0.3) is 10.4 Å². The highest BCUT2D eigenvalue weighted by Gasteiger charge is 2.52. The van der Waals surface area contributed by atoms with Gasteiger partial charge in [-0.2, -0.15) is 0 Å². The number of aliphatic hydroxyl groups excluding tert-OH is 1. The summed E-state index contributed by atoms with van der Waals surface area (Å²) in [6.45, 7) is 4.81. The highest BCUT2D eigenvalue weighted by Crippen LogP contribution is 2.44. The minimum atomic E-state index is -1.34. The maximum atomic E-state index is 13.9. The Morgan fingerprint density at radius 3 is 2.62 bits per heavy atom. The van der Waals surface area contributed by atoms with Crippen LogP contribution < -0.4 is 10.1 Å². The third-order valence-electron chi connectivity index (χ3n) is 6.42. The molecule has 200 valence electrons. The lowest BCUT2D eigenvalue weighted by atomic mass is 9.82. The van der Waals surface area contributed by atoms with E-state index in [1.165, 1.54) is 0 Å².